The molecule has 0 bridgehead atoms. The van der Waals surface area contributed by atoms with Gasteiger partial charge in [0.25, 0.3) is 5.91 Å². The van der Waals surface area contributed by atoms with Crippen LogP contribution in [0.1, 0.15) is 40.5 Å². The number of carbonyl (C=O) groups is 1. The Morgan fingerprint density at radius 1 is 1.14 bits per heavy atom. The average molecular weight is 373 g/mol. The van der Waals surface area contributed by atoms with Gasteiger partial charge in [0.1, 0.15) is 5.82 Å². The topological polar surface area (TPSA) is 94.8 Å². The summed E-state index contributed by atoms with van der Waals surface area (Å²) in [7, 11) is 0. The van der Waals surface area contributed by atoms with E-state index in [0.29, 0.717) is 30.0 Å². The number of nitrogens with zero attached hydrogens (tertiary/aromatic N) is 4. The number of rotatable bonds is 3. The van der Waals surface area contributed by atoms with E-state index >= 15 is 0 Å². The van der Waals surface area contributed by atoms with Gasteiger partial charge in [-0.3, -0.25) is 4.79 Å². The van der Waals surface area contributed by atoms with E-state index in [2.05, 4.69) is 16.3 Å². The molecule has 1 aliphatic rings. The van der Waals surface area contributed by atoms with E-state index < -0.39 is 0 Å². The molecule has 0 unspecified atom stereocenters. The van der Waals surface area contributed by atoms with Crippen molar-refractivity contribution in [2.24, 2.45) is 0 Å². The van der Waals surface area contributed by atoms with Crippen molar-refractivity contribution in [2.75, 3.05) is 13.1 Å². The first kappa shape index (κ1) is 17.7. The first-order valence-electron chi connectivity index (χ1n) is 9.20. The summed E-state index contributed by atoms with van der Waals surface area (Å²) in [5.41, 5.74) is 1.23. The van der Waals surface area contributed by atoms with Crippen LogP contribution in [-0.4, -0.2) is 38.7 Å². The predicted molar refractivity (Wildman–Crippen MR) is 103 cm³/mol. The van der Waals surface area contributed by atoms with Gasteiger partial charge < -0.3 is 4.90 Å². The monoisotopic (exact) mass is 373 g/mol. The molecule has 4 rings (SSSR count). The van der Waals surface area contributed by atoms with Crippen molar-refractivity contribution < 1.29 is 4.79 Å². The van der Waals surface area contributed by atoms with Crippen molar-refractivity contribution in [3.8, 4) is 11.8 Å². The van der Waals surface area contributed by atoms with Gasteiger partial charge in [0.05, 0.1) is 22.9 Å². The summed E-state index contributed by atoms with van der Waals surface area (Å²) in [5, 5.41) is 16.1. The number of piperidine rings is 1. The second-order valence-corrected chi connectivity index (χ2v) is 6.81. The molecular formula is C21H19N5O2. The Balaban J connectivity index is 1.63. The Morgan fingerprint density at radius 3 is 2.68 bits per heavy atom. The zero-order valence-electron chi connectivity index (χ0n) is 15.2. The molecule has 1 aromatic heterocycles. The van der Waals surface area contributed by atoms with Crippen LogP contribution in [0.15, 0.2) is 59.4 Å². The molecule has 0 radical (unpaired) electrons. The Kier molecular flexibility index (Phi) is 4.77. The molecule has 1 atom stereocenters. The normalized spacial score (nSPS) is 16.5. The zero-order valence-corrected chi connectivity index (χ0v) is 15.2. The van der Waals surface area contributed by atoms with E-state index in [-0.39, 0.29) is 17.5 Å². The van der Waals surface area contributed by atoms with Gasteiger partial charge in [-0.15, -0.1) is 0 Å². The summed E-state index contributed by atoms with van der Waals surface area (Å²) in [4.78, 5) is 27.1. The van der Waals surface area contributed by atoms with Crippen LogP contribution in [0.4, 0.5) is 0 Å². The Hall–Kier alpha value is -3.66. The van der Waals surface area contributed by atoms with Crippen LogP contribution in [0, 0.1) is 11.3 Å². The maximum absolute atomic E-state index is 13.0. The molecule has 7 nitrogen and oxygen atoms in total. The fourth-order valence-electron chi connectivity index (χ4n) is 3.72. The maximum Gasteiger partial charge on any atom is 0.347 e. The van der Waals surface area contributed by atoms with Gasteiger partial charge in [0, 0.05) is 19.0 Å². The molecule has 2 heterocycles. The lowest BCUT2D eigenvalue weighted by atomic mass is 9.95. The van der Waals surface area contributed by atoms with Gasteiger partial charge in [-0.25, -0.2) is 14.5 Å². The number of para-hydroxylation sites is 1. The van der Waals surface area contributed by atoms with E-state index in [4.69, 9.17) is 0 Å². The third-order valence-electron chi connectivity index (χ3n) is 5.06. The summed E-state index contributed by atoms with van der Waals surface area (Å²) >= 11 is 0. The molecule has 0 aliphatic carbocycles. The number of H-pyrrole nitrogens is 1. The number of carbonyl (C=O) groups excluding carboxylic acids is 1. The van der Waals surface area contributed by atoms with Crippen molar-refractivity contribution in [2.45, 2.75) is 18.8 Å². The van der Waals surface area contributed by atoms with Gasteiger partial charge in [-0.1, -0.05) is 30.3 Å². The lowest BCUT2D eigenvalue weighted by Gasteiger charge is -2.32. The van der Waals surface area contributed by atoms with E-state index in [9.17, 15) is 14.9 Å². The van der Waals surface area contributed by atoms with Crippen molar-refractivity contribution >= 4 is 5.91 Å². The minimum absolute atomic E-state index is 0.0638. The quantitative estimate of drug-likeness (QED) is 0.763. The van der Waals surface area contributed by atoms with Crippen LogP contribution < -0.4 is 5.69 Å². The van der Waals surface area contributed by atoms with Crippen LogP contribution >= 0.6 is 0 Å². The smallest absolute Gasteiger partial charge is 0.338 e. The Bertz CT molecular complexity index is 1090. The number of aromatic amines is 1. The van der Waals surface area contributed by atoms with Crippen LogP contribution in [0.25, 0.3) is 5.69 Å². The van der Waals surface area contributed by atoms with Gasteiger partial charge in [-0.05, 0) is 37.1 Å². The lowest BCUT2D eigenvalue weighted by Crippen LogP contribution is -2.40. The van der Waals surface area contributed by atoms with Crippen molar-refractivity contribution in [3.63, 3.8) is 0 Å². The highest BCUT2D eigenvalue weighted by atomic mass is 16.2. The number of nitriles is 1. The van der Waals surface area contributed by atoms with Crippen molar-refractivity contribution in [3.05, 3.63) is 82.0 Å². The summed E-state index contributed by atoms with van der Waals surface area (Å²) in [6.07, 6.45) is 1.64. The molecule has 1 amide bonds. The van der Waals surface area contributed by atoms with Crippen LogP contribution in [0.5, 0.6) is 0 Å². The van der Waals surface area contributed by atoms with Gasteiger partial charge in [0.2, 0.25) is 0 Å². The number of aromatic nitrogens is 3. The number of hydrogen-bond acceptors (Lipinski definition) is 4. The van der Waals surface area contributed by atoms with E-state index in [0.717, 1.165) is 18.5 Å². The highest BCUT2D eigenvalue weighted by molar-refractivity contribution is 5.96. The number of likely N-dealkylation sites (tertiary alicyclic amines) is 1. The third-order valence-corrected chi connectivity index (χ3v) is 5.06. The molecule has 2 aromatic carbocycles. The standard InChI is InChI=1S/C21H19N5O2/c22-13-15-7-4-5-11-18(15)20(27)25-12-6-8-16(14-25)19-23-24-21(28)26(19)17-9-2-1-3-10-17/h1-5,7,9-11,16H,6,8,12,14H2,(H,24,28)/t16-/m1/s1. The second-order valence-electron chi connectivity index (χ2n) is 6.81. The van der Waals surface area contributed by atoms with E-state index in [1.54, 1.807) is 33.7 Å². The molecule has 0 spiro atoms. The molecule has 3 aromatic rings. The van der Waals surface area contributed by atoms with Crippen LogP contribution in [0.2, 0.25) is 0 Å². The number of amides is 1. The van der Waals surface area contributed by atoms with Crippen LogP contribution in [0.3, 0.4) is 0 Å². The van der Waals surface area contributed by atoms with Crippen molar-refractivity contribution in [1.82, 2.24) is 19.7 Å². The highest BCUT2D eigenvalue weighted by Crippen LogP contribution is 2.27. The van der Waals surface area contributed by atoms with Gasteiger partial charge in [0.15, 0.2) is 0 Å². The third kappa shape index (κ3) is 3.21. The van der Waals surface area contributed by atoms with Crippen LogP contribution in [-0.2, 0) is 0 Å². The predicted octanol–water partition coefficient (Wildman–Crippen LogP) is 2.45. The zero-order chi connectivity index (χ0) is 19.5. The molecule has 1 saturated heterocycles. The second kappa shape index (κ2) is 7.53. The SMILES string of the molecule is N#Cc1ccccc1C(=O)N1CCC[C@@H](c2n[nH]c(=O)n2-c2ccccc2)C1. The minimum Gasteiger partial charge on any atom is -0.338 e. The molecular weight excluding hydrogens is 354 g/mol. The number of nitrogens with one attached hydrogen (secondary N) is 1. The molecule has 1 N–H and O–H groups in total. The van der Waals surface area contributed by atoms with Gasteiger partial charge >= 0.3 is 5.69 Å². The molecule has 1 aliphatic heterocycles. The fourth-order valence-corrected chi connectivity index (χ4v) is 3.72. The van der Waals surface area contributed by atoms with E-state index in [1.165, 1.54) is 0 Å². The maximum atomic E-state index is 13.0. The number of hydrogen-bond donors (Lipinski definition) is 1. The Morgan fingerprint density at radius 2 is 1.89 bits per heavy atom. The largest absolute Gasteiger partial charge is 0.347 e. The summed E-state index contributed by atoms with van der Waals surface area (Å²) in [6, 6.07) is 18.3. The fraction of sp³-hybridized carbons (Fsp3) is 0.238. The molecule has 0 saturated carbocycles. The summed E-state index contributed by atoms with van der Waals surface area (Å²) in [6.45, 7) is 1.07. The molecule has 7 heteroatoms. The summed E-state index contributed by atoms with van der Waals surface area (Å²) in [5.74, 6) is 0.402. The average Bonchev–Trinajstić information content (AvgIpc) is 3.15. The summed E-state index contributed by atoms with van der Waals surface area (Å²) < 4.78 is 1.57. The Labute approximate surface area is 161 Å². The minimum atomic E-state index is -0.292. The first-order valence-corrected chi connectivity index (χ1v) is 9.20. The lowest BCUT2D eigenvalue weighted by molar-refractivity contribution is 0.0703. The molecule has 28 heavy (non-hydrogen) atoms. The van der Waals surface area contributed by atoms with Gasteiger partial charge in [-0.2, -0.15) is 10.4 Å². The van der Waals surface area contributed by atoms with E-state index in [1.807, 2.05) is 30.3 Å². The highest BCUT2D eigenvalue weighted by Gasteiger charge is 2.30. The molecule has 140 valence electrons. The number of benzene rings is 2. The first-order chi connectivity index (χ1) is 13.7. The molecule has 1 fully saturated rings. The van der Waals surface area contributed by atoms with Crippen molar-refractivity contribution in [1.29, 1.82) is 5.26 Å².